The maximum atomic E-state index is 12.7. The van der Waals surface area contributed by atoms with Crippen LogP contribution in [0.4, 0.5) is 0 Å². The lowest BCUT2D eigenvalue weighted by Crippen LogP contribution is -2.31. The molecule has 0 radical (unpaired) electrons. The molecule has 2 nitrogen and oxygen atoms in total. The Kier molecular flexibility index (Phi) is 25.9. The van der Waals surface area contributed by atoms with Crippen molar-refractivity contribution in [2.24, 2.45) is 10.8 Å². The van der Waals surface area contributed by atoms with Crippen molar-refractivity contribution in [3.8, 4) is 0 Å². The Labute approximate surface area is 371 Å². The number of hydrogen-bond acceptors (Lipinski definition) is 2. The maximum Gasteiger partial charge on any atom is 0.306 e. The average Bonchev–Trinajstić information content (AvgIpc) is 3.17. The number of rotatable bonds is 26. The first-order valence-electron chi connectivity index (χ1n) is 24.0. The van der Waals surface area contributed by atoms with Crippen LogP contribution in [0, 0.1) is 10.8 Å². The van der Waals surface area contributed by atoms with E-state index in [4.69, 9.17) is 4.74 Å². The second-order valence-electron chi connectivity index (χ2n) is 19.3. The van der Waals surface area contributed by atoms with Crippen molar-refractivity contribution >= 4 is 5.97 Å². The molecule has 0 bridgehead atoms. The van der Waals surface area contributed by atoms with Crippen molar-refractivity contribution in [2.75, 3.05) is 0 Å². The summed E-state index contributed by atoms with van der Waals surface area (Å²) < 4.78 is 6.02. The molecule has 2 aliphatic carbocycles. The summed E-state index contributed by atoms with van der Waals surface area (Å²) in [5.41, 5.74) is 10.8. The van der Waals surface area contributed by atoms with Gasteiger partial charge in [-0.3, -0.25) is 4.79 Å². The van der Waals surface area contributed by atoms with Crippen molar-refractivity contribution in [1.29, 1.82) is 0 Å². The molecular formula is C58H88O2. The summed E-state index contributed by atoms with van der Waals surface area (Å²) in [4.78, 5) is 12.7. The lowest BCUT2D eigenvalue weighted by Gasteiger charge is -2.37. The Morgan fingerprint density at radius 1 is 0.600 bits per heavy atom. The predicted molar refractivity (Wildman–Crippen MR) is 266 cm³/mol. The molecule has 0 aromatic rings. The summed E-state index contributed by atoms with van der Waals surface area (Å²) in [5, 5.41) is 0. The van der Waals surface area contributed by atoms with Crippen LogP contribution in [0.3, 0.4) is 0 Å². The number of allylic oxidation sites excluding steroid dienone is 23. The monoisotopic (exact) mass is 817 g/mol. The molecule has 0 N–H and O–H groups in total. The van der Waals surface area contributed by atoms with Crippen LogP contribution in [-0.2, 0) is 9.53 Å². The Bertz CT molecular complexity index is 1680. The molecular weight excluding hydrogens is 729 g/mol. The summed E-state index contributed by atoms with van der Waals surface area (Å²) >= 11 is 0. The molecule has 1 atom stereocenters. The van der Waals surface area contributed by atoms with Gasteiger partial charge in [-0.05, 0) is 121 Å². The second-order valence-corrected chi connectivity index (χ2v) is 19.3. The molecule has 0 aromatic carbocycles. The van der Waals surface area contributed by atoms with Crippen LogP contribution in [-0.4, -0.2) is 12.1 Å². The van der Waals surface area contributed by atoms with Gasteiger partial charge >= 0.3 is 5.97 Å². The Morgan fingerprint density at radius 2 is 1.07 bits per heavy atom. The third kappa shape index (κ3) is 22.8. The highest BCUT2D eigenvalue weighted by Crippen LogP contribution is 2.43. The zero-order valence-corrected chi connectivity index (χ0v) is 40.6. The van der Waals surface area contributed by atoms with E-state index in [0.29, 0.717) is 6.42 Å². The van der Waals surface area contributed by atoms with Crippen molar-refractivity contribution < 1.29 is 9.53 Å². The van der Waals surface area contributed by atoms with E-state index in [1.807, 2.05) is 0 Å². The minimum Gasteiger partial charge on any atom is -0.462 e. The molecule has 2 aliphatic rings. The number of esters is 1. The summed E-state index contributed by atoms with van der Waals surface area (Å²) in [6.07, 6.45) is 57.6. The molecule has 0 saturated heterocycles. The van der Waals surface area contributed by atoms with E-state index in [9.17, 15) is 4.79 Å². The molecule has 0 amide bonds. The quantitative estimate of drug-likeness (QED) is 0.0376. The summed E-state index contributed by atoms with van der Waals surface area (Å²) in [6, 6.07) is 0. The van der Waals surface area contributed by atoms with Crippen molar-refractivity contribution in [3.63, 3.8) is 0 Å². The highest BCUT2D eigenvalue weighted by molar-refractivity contribution is 5.69. The number of ether oxygens (including phenoxy) is 1. The van der Waals surface area contributed by atoms with Crippen molar-refractivity contribution in [2.45, 2.75) is 204 Å². The molecule has 1 unspecified atom stereocenters. The lowest BCUT2D eigenvalue weighted by molar-refractivity contribution is -0.150. The fourth-order valence-electron chi connectivity index (χ4n) is 8.60. The molecule has 0 saturated carbocycles. The second kappa shape index (κ2) is 29.6. The van der Waals surface area contributed by atoms with Crippen LogP contribution in [0.25, 0.3) is 0 Å². The summed E-state index contributed by atoms with van der Waals surface area (Å²) in [7, 11) is 0. The van der Waals surface area contributed by atoms with Gasteiger partial charge in [-0.2, -0.15) is 0 Å². The molecule has 0 heterocycles. The third-order valence-corrected chi connectivity index (χ3v) is 12.2. The van der Waals surface area contributed by atoms with Crippen LogP contribution in [0.5, 0.6) is 0 Å². The smallest absolute Gasteiger partial charge is 0.306 e. The lowest BCUT2D eigenvalue weighted by atomic mass is 9.71. The maximum absolute atomic E-state index is 12.7. The van der Waals surface area contributed by atoms with E-state index in [0.717, 1.165) is 25.7 Å². The van der Waals surface area contributed by atoms with E-state index >= 15 is 0 Å². The summed E-state index contributed by atoms with van der Waals surface area (Å²) in [5.74, 6) is -0.0289. The SMILES string of the molecule is CCCCCCCCC=CCCCCCCCC(=O)OC1CC(C)=C(C=CC(C)=CC=CC(C)=CC=CC=C(C)C=CC=C(C)C=CC2=C(C)CCCC2(C)C)C(C)(C)C1. The van der Waals surface area contributed by atoms with Gasteiger partial charge in [-0.25, -0.2) is 0 Å². The van der Waals surface area contributed by atoms with Gasteiger partial charge in [0.25, 0.3) is 0 Å². The first kappa shape index (κ1) is 52.5. The highest BCUT2D eigenvalue weighted by Gasteiger charge is 2.34. The van der Waals surface area contributed by atoms with Gasteiger partial charge in [0.1, 0.15) is 6.10 Å². The third-order valence-electron chi connectivity index (χ3n) is 12.2. The van der Waals surface area contributed by atoms with Gasteiger partial charge in [0.05, 0.1) is 0 Å². The number of hydrogen-bond donors (Lipinski definition) is 0. The van der Waals surface area contributed by atoms with E-state index in [-0.39, 0.29) is 22.9 Å². The van der Waals surface area contributed by atoms with Gasteiger partial charge in [0, 0.05) is 12.8 Å². The molecule has 0 aliphatic heterocycles. The van der Waals surface area contributed by atoms with E-state index in [2.05, 4.69) is 173 Å². The number of carbonyl (C=O) groups excluding carboxylic acids is 1. The summed E-state index contributed by atoms with van der Waals surface area (Å²) in [6.45, 7) is 24.7. The average molecular weight is 817 g/mol. The first-order valence-corrected chi connectivity index (χ1v) is 24.0. The Balaban J connectivity index is 1.73. The van der Waals surface area contributed by atoms with E-state index < -0.39 is 0 Å². The molecule has 0 aromatic heterocycles. The Morgan fingerprint density at radius 3 is 1.58 bits per heavy atom. The predicted octanol–water partition coefficient (Wildman–Crippen LogP) is 18.2. The first-order chi connectivity index (χ1) is 28.6. The molecule has 0 spiro atoms. The normalized spacial score (nSPS) is 19.9. The van der Waals surface area contributed by atoms with E-state index in [1.165, 1.54) is 134 Å². The molecule has 332 valence electrons. The van der Waals surface area contributed by atoms with Gasteiger partial charge in [0.15, 0.2) is 0 Å². The zero-order chi connectivity index (χ0) is 44.2. The fraction of sp³-hybridized carbons (Fsp3) is 0.569. The molecule has 0 fully saturated rings. The zero-order valence-electron chi connectivity index (χ0n) is 40.6. The standard InChI is InChI=1S/C58H88O2/c1-12-13-14-15-16-17-18-19-20-21-22-23-24-25-26-39-56(59)60-53-45-52(7)55(58(10,11)46-53)43-41-50(5)37-30-35-48(3)33-28-27-32-47(2)34-29-36-49(4)40-42-54-51(6)38-31-44-57(54,8)9/h19-20,27-30,32-37,40-43,53H,12-18,21-26,31,38-39,44-46H2,1-11H3. The van der Waals surface area contributed by atoms with Crippen molar-refractivity contribution in [1.82, 2.24) is 0 Å². The minimum absolute atomic E-state index is 0.0289. The fourth-order valence-corrected chi connectivity index (χ4v) is 8.60. The van der Waals surface area contributed by atoms with Gasteiger partial charge in [-0.15, -0.1) is 0 Å². The van der Waals surface area contributed by atoms with E-state index in [1.54, 1.807) is 0 Å². The van der Waals surface area contributed by atoms with Crippen molar-refractivity contribution in [3.05, 3.63) is 142 Å². The number of carbonyl (C=O) groups is 1. The van der Waals surface area contributed by atoms with Crippen LogP contribution in [0.2, 0.25) is 0 Å². The Hall–Kier alpha value is -3.65. The van der Waals surface area contributed by atoms with Gasteiger partial charge in [-0.1, -0.05) is 217 Å². The van der Waals surface area contributed by atoms with Crippen LogP contribution in [0.15, 0.2) is 142 Å². The highest BCUT2D eigenvalue weighted by atomic mass is 16.5. The van der Waals surface area contributed by atoms with Crippen LogP contribution >= 0.6 is 0 Å². The van der Waals surface area contributed by atoms with Gasteiger partial charge in [0.2, 0.25) is 0 Å². The molecule has 2 heteroatoms. The topological polar surface area (TPSA) is 26.3 Å². The largest absolute Gasteiger partial charge is 0.462 e. The van der Waals surface area contributed by atoms with Gasteiger partial charge < -0.3 is 4.74 Å². The van der Waals surface area contributed by atoms with Crippen LogP contribution < -0.4 is 0 Å². The molecule has 60 heavy (non-hydrogen) atoms. The minimum atomic E-state index is -0.0481. The van der Waals surface area contributed by atoms with Crippen LogP contribution in [0.1, 0.15) is 198 Å². The molecule has 2 rings (SSSR count). The number of unbranched alkanes of at least 4 members (excludes halogenated alkanes) is 11.